The number of nitrogens with one attached hydrogen (secondary N) is 1. The van der Waals surface area contributed by atoms with Gasteiger partial charge < -0.3 is 10.2 Å². The Balaban J connectivity index is 2.71. The zero-order chi connectivity index (χ0) is 14.6. The van der Waals surface area contributed by atoms with Crippen LogP contribution in [0.15, 0.2) is 18.2 Å². The molecule has 0 heterocycles. The zero-order valence-electron chi connectivity index (χ0n) is 11.7. The molecule has 0 spiro atoms. The minimum atomic E-state index is -0.403. The second-order valence-corrected chi connectivity index (χ2v) is 5.78. The van der Waals surface area contributed by atoms with Gasteiger partial charge in [0.1, 0.15) is 0 Å². The Hall–Kier alpha value is -1.17. The van der Waals surface area contributed by atoms with E-state index in [0.717, 1.165) is 6.54 Å². The molecule has 0 aromatic heterocycles. The van der Waals surface area contributed by atoms with E-state index in [1.165, 1.54) is 6.07 Å². The number of hydrogen-bond donors (Lipinski definition) is 1. The number of rotatable bonds is 6. The molecule has 5 nitrogen and oxygen atoms in total. The molecule has 1 aromatic carbocycles. The molecule has 1 rings (SSSR count). The largest absolute Gasteiger partial charge is 0.311 e. The summed E-state index contributed by atoms with van der Waals surface area (Å²) in [4.78, 5) is 12.7. The fourth-order valence-electron chi connectivity index (χ4n) is 1.52. The predicted molar refractivity (Wildman–Crippen MR) is 77.6 cm³/mol. The molecule has 0 saturated heterocycles. The first-order chi connectivity index (χ1) is 8.74. The van der Waals surface area contributed by atoms with Gasteiger partial charge in [-0.25, -0.2) is 0 Å². The molecule has 6 heteroatoms. The molecule has 0 unspecified atom stereocenters. The maximum atomic E-state index is 11.0. The van der Waals surface area contributed by atoms with E-state index in [1.54, 1.807) is 12.1 Å². The Morgan fingerprint density at radius 3 is 2.58 bits per heavy atom. The number of benzene rings is 1. The first-order valence-electron chi connectivity index (χ1n) is 6.05. The van der Waals surface area contributed by atoms with E-state index in [0.29, 0.717) is 17.1 Å². The Bertz CT molecular complexity index is 461. The van der Waals surface area contributed by atoms with Crippen LogP contribution in [0.1, 0.15) is 19.4 Å². The fourth-order valence-corrected chi connectivity index (χ4v) is 1.68. The van der Waals surface area contributed by atoms with E-state index >= 15 is 0 Å². The topological polar surface area (TPSA) is 58.4 Å². The smallest absolute Gasteiger partial charge is 0.275 e. The van der Waals surface area contributed by atoms with Gasteiger partial charge in [-0.3, -0.25) is 10.1 Å². The summed E-state index contributed by atoms with van der Waals surface area (Å²) in [7, 11) is 4.01. The molecule has 0 amide bonds. The van der Waals surface area contributed by atoms with Gasteiger partial charge in [0, 0.05) is 35.3 Å². The summed E-state index contributed by atoms with van der Waals surface area (Å²) in [6.07, 6.45) is 0. The van der Waals surface area contributed by atoms with Crippen LogP contribution in [0.2, 0.25) is 5.02 Å². The van der Waals surface area contributed by atoms with Crippen molar-refractivity contribution in [3.8, 4) is 0 Å². The minimum absolute atomic E-state index is 0.0127. The first kappa shape index (κ1) is 15.9. The first-order valence-corrected chi connectivity index (χ1v) is 6.43. The van der Waals surface area contributed by atoms with Crippen LogP contribution < -0.4 is 5.32 Å². The van der Waals surface area contributed by atoms with Crippen molar-refractivity contribution < 1.29 is 4.92 Å². The molecule has 0 aliphatic carbocycles. The molecule has 106 valence electrons. The maximum absolute atomic E-state index is 11.0. The lowest BCUT2D eigenvalue weighted by atomic mass is 10.0. The molecular weight excluding hydrogens is 266 g/mol. The standard InChI is InChI=1S/C13H20ClN3O2/c1-13(2,16(3)4)9-15-8-10-5-6-11(14)7-12(10)17(18)19/h5-7,15H,8-9H2,1-4H3. The van der Waals surface area contributed by atoms with Crippen LogP contribution in [0.3, 0.4) is 0 Å². The Labute approximate surface area is 118 Å². The third kappa shape index (κ3) is 4.45. The van der Waals surface area contributed by atoms with Crippen molar-refractivity contribution in [2.75, 3.05) is 20.6 Å². The van der Waals surface area contributed by atoms with Gasteiger partial charge in [0.05, 0.1) is 4.92 Å². The molecule has 0 bridgehead atoms. The van der Waals surface area contributed by atoms with Gasteiger partial charge in [-0.2, -0.15) is 0 Å². The summed E-state index contributed by atoms with van der Waals surface area (Å²) in [6, 6.07) is 4.74. The lowest BCUT2D eigenvalue weighted by Crippen LogP contribution is -2.46. The molecule has 0 aliphatic rings. The van der Waals surface area contributed by atoms with Gasteiger partial charge in [0.2, 0.25) is 0 Å². The molecule has 0 radical (unpaired) electrons. The van der Waals surface area contributed by atoms with Crippen molar-refractivity contribution in [2.45, 2.75) is 25.9 Å². The van der Waals surface area contributed by atoms with Crippen molar-refractivity contribution in [1.29, 1.82) is 0 Å². The lowest BCUT2D eigenvalue weighted by molar-refractivity contribution is -0.385. The summed E-state index contributed by atoms with van der Waals surface area (Å²) in [5, 5.41) is 14.6. The fraction of sp³-hybridized carbons (Fsp3) is 0.538. The minimum Gasteiger partial charge on any atom is -0.311 e. The number of nitro benzene ring substituents is 1. The third-order valence-electron chi connectivity index (χ3n) is 3.33. The molecule has 1 aromatic rings. The molecule has 1 N–H and O–H groups in total. The van der Waals surface area contributed by atoms with Gasteiger partial charge in [0.15, 0.2) is 0 Å². The highest BCUT2D eigenvalue weighted by Crippen LogP contribution is 2.23. The average molecular weight is 286 g/mol. The molecule has 19 heavy (non-hydrogen) atoms. The van der Waals surface area contributed by atoms with Gasteiger partial charge in [-0.1, -0.05) is 11.6 Å². The van der Waals surface area contributed by atoms with Crippen LogP contribution in [0.5, 0.6) is 0 Å². The number of halogens is 1. The van der Waals surface area contributed by atoms with E-state index in [4.69, 9.17) is 11.6 Å². The predicted octanol–water partition coefficient (Wildman–Crippen LogP) is 2.68. The molecule has 0 fully saturated rings. The van der Waals surface area contributed by atoms with Crippen molar-refractivity contribution >= 4 is 17.3 Å². The van der Waals surface area contributed by atoms with Crippen LogP contribution in [0.4, 0.5) is 5.69 Å². The second-order valence-electron chi connectivity index (χ2n) is 5.34. The molecule has 0 saturated carbocycles. The van der Waals surface area contributed by atoms with Crippen molar-refractivity contribution in [3.63, 3.8) is 0 Å². The van der Waals surface area contributed by atoms with Crippen molar-refractivity contribution in [2.24, 2.45) is 0 Å². The van der Waals surface area contributed by atoms with Crippen molar-refractivity contribution in [3.05, 3.63) is 38.9 Å². The summed E-state index contributed by atoms with van der Waals surface area (Å²) in [5.74, 6) is 0. The monoisotopic (exact) mass is 285 g/mol. The van der Waals surface area contributed by atoms with Gasteiger partial charge in [-0.15, -0.1) is 0 Å². The SMILES string of the molecule is CN(C)C(C)(C)CNCc1ccc(Cl)cc1[N+](=O)[O-]. The Morgan fingerprint density at radius 1 is 1.42 bits per heavy atom. The van der Waals surface area contributed by atoms with Crippen LogP contribution >= 0.6 is 11.6 Å². The summed E-state index contributed by atoms with van der Waals surface area (Å²) in [6.45, 7) is 5.40. The number of nitro groups is 1. The summed E-state index contributed by atoms with van der Waals surface area (Å²) >= 11 is 5.78. The van der Waals surface area contributed by atoms with Gasteiger partial charge in [0.25, 0.3) is 5.69 Å². The van der Waals surface area contributed by atoms with Gasteiger partial charge >= 0.3 is 0 Å². The average Bonchev–Trinajstić information content (AvgIpc) is 2.30. The van der Waals surface area contributed by atoms with E-state index in [-0.39, 0.29) is 11.2 Å². The Morgan fingerprint density at radius 2 is 2.05 bits per heavy atom. The quantitative estimate of drug-likeness (QED) is 0.645. The van der Waals surface area contributed by atoms with Crippen LogP contribution in [0.25, 0.3) is 0 Å². The Kier molecular flexibility index (Phi) is 5.29. The molecular formula is C13H20ClN3O2. The maximum Gasteiger partial charge on any atom is 0.275 e. The zero-order valence-corrected chi connectivity index (χ0v) is 12.5. The van der Waals surface area contributed by atoms with Gasteiger partial charge in [-0.05, 0) is 40.1 Å². The number of likely N-dealkylation sites (N-methyl/N-ethyl adjacent to an activating group) is 1. The number of nitrogens with zero attached hydrogens (tertiary/aromatic N) is 2. The van der Waals surface area contributed by atoms with Crippen molar-refractivity contribution in [1.82, 2.24) is 10.2 Å². The third-order valence-corrected chi connectivity index (χ3v) is 3.56. The summed E-state index contributed by atoms with van der Waals surface area (Å²) in [5.41, 5.74) is 0.688. The van der Waals surface area contributed by atoms with E-state index in [1.807, 2.05) is 14.1 Å². The number of hydrogen-bond acceptors (Lipinski definition) is 4. The van der Waals surface area contributed by atoms with E-state index in [9.17, 15) is 10.1 Å². The van der Waals surface area contributed by atoms with Crippen LogP contribution in [-0.2, 0) is 6.54 Å². The highest BCUT2D eigenvalue weighted by atomic mass is 35.5. The lowest BCUT2D eigenvalue weighted by Gasteiger charge is -2.32. The van der Waals surface area contributed by atoms with E-state index in [2.05, 4.69) is 24.1 Å². The van der Waals surface area contributed by atoms with E-state index < -0.39 is 4.92 Å². The normalized spacial score (nSPS) is 11.9. The van der Waals surface area contributed by atoms with Crippen LogP contribution in [-0.4, -0.2) is 36.0 Å². The highest BCUT2D eigenvalue weighted by Gasteiger charge is 2.20. The second kappa shape index (κ2) is 6.32. The summed E-state index contributed by atoms with van der Waals surface area (Å²) < 4.78 is 0. The van der Waals surface area contributed by atoms with Crippen LogP contribution in [0, 0.1) is 10.1 Å². The highest BCUT2D eigenvalue weighted by molar-refractivity contribution is 6.30. The molecule has 0 atom stereocenters. The molecule has 0 aliphatic heterocycles.